The number of amides is 1. The number of hydrogen-bond acceptors (Lipinski definition) is 7. The van der Waals surface area contributed by atoms with Gasteiger partial charge in [-0.3, -0.25) is 9.67 Å². The number of benzene rings is 1. The summed E-state index contributed by atoms with van der Waals surface area (Å²) < 4.78 is 7.22. The van der Waals surface area contributed by atoms with E-state index in [1.165, 1.54) is 5.69 Å². The summed E-state index contributed by atoms with van der Waals surface area (Å²) in [7, 11) is 2.17. The molecule has 0 saturated carbocycles. The van der Waals surface area contributed by atoms with Gasteiger partial charge in [0.2, 0.25) is 0 Å². The zero-order valence-corrected chi connectivity index (χ0v) is 22.0. The lowest BCUT2D eigenvalue weighted by Gasteiger charge is -2.34. The number of hydrogen-bond donors (Lipinski definition) is 1. The van der Waals surface area contributed by atoms with Gasteiger partial charge in [-0.2, -0.15) is 5.10 Å². The minimum atomic E-state index is -0.460. The van der Waals surface area contributed by atoms with E-state index < -0.39 is 5.60 Å². The van der Waals surface area contributed by atoms with Crippen molar-refractivity contribution in [1.29, 1.82) is 0 Å². The van der Waals surface area contributed by atoms with E-state index in [-0.39, 0.29) is 6.09 Å². The number of nitrogens with one attached hydrogen (secondary N) is 1. The molecule has 3 aromatic rings. The molecule has 0 spiro atoms. The maximum absolute atomic E-state index is 11.7. The summed E-state index contributed by atoms with van der Waals surface area (Å²) in [5, 5.41) is 7.33. The summed E-state index contributed by atoms with van der Waals surface area (Å²) in [6, 6.07) is 6.36. The van der Waals surface area contributed by atoms with Crippen LogP contribution in [0.3, 0.4) is 0 Å². The summed E-state index contributed by atoms with van der Waals surface area (Å²) in [5.74, 6) is 0. The van der Waals surface area contributed by atoms with E-state index in [2.05, 4.69) is 50.4 Å². The van der Waals surface area contributed by atoms with Crippen LogP contribution >= 0.6 is 0 Å². The second kappa shape index (κ2) is 11.7. The quantitative estimate of drug-likeness (QED) is 0.444. The van der Waals surface area contributed by atoms with Crippen molar-refractivity contribution >= 4 is 22.8 Å². The number of unbranched alkanes of at least 4 members (excludes halogenated alkanes) is 3. The van der Waals surface area contributed by atoms with Crippen molar-refractivity contribution in [3.8, 4) is 11.3 Å². The highest BCUT2D eigenvalue weighted by molar-refractivity contribution is 5.81. The lowest BCUT2D eigenvalue weighted by molar-refractivity contribution is 0.0527. The standard InChI is InChI=1S/C27H39N7O2/c1-27(2,3)36-26(35)28-11-7-5-6-8-12-34-20-21(18-30-34)25-19-29-23-10-9-22(17-24(23)31-25)33-15-13-32(4)14-16-33/h9-10,17-20H,5-8,11-16H2,1-4H3,(H,28,35). The van der Waals surface area contributed by atoms with Gasteiger partial charge in [0, 0.05) is 56.7 Å². The highest BCUT2D eigenvalue weighted by atomic mass is 16.6. The van der Waals surface area contributed by atoms with Crippen LogP contribution in [0, 0.1) is 0 Å². The maximum atomic E-state index is 11.7. The van der Waals surface area contributed by atoms with Crippen molar-refractivity contribution in [2.45, 2.75) is 58.6 Å². The molecule has 1 aliphatic rings. The van der Waals surface area contributed by atoms with Crippen LogP contribution in [0.4, 0.5) is 10.5 Å². The second-order valence-corrected chi connectivity index (χ2v) is 10.6. The van der Waals surface area contributed by atoms with E-state index in [4.69, 9.17) is 9.72 Å². The fourth-order valence-electron chi connectivity index (χ4n) is 4.28. The van der Waals surface area contributed by atoms with E-state index in [9.17, 15) is 4.79 Å². The number of alkyl carbamates (subject to hydrolysis) is 1. The Morgan fingerprint density at radius 2 is 1.81 bits per heavy atom. The van der Waals surface area contributed by atoms with Crippen LogP contribution < -0.4 is 10.2 Å². The molecule has 1 saturated heterocycles. The molecule has 3 heterocycles. The zero-order valence-electron chi connectivity index (χ0n) is 22.0. The molecule has 1 aliphatic heterocycles. The first kappa shape index (κ1) is 25.9. The van der Waals surface area contributed by atoms with Gasteiger partial charge in [-0.05, 0) is 58.9 Å². The van der Waals surface area contributed by atoms with Crippen molar-refractivity contribution in [3.05, 3.63) is 36.8 Å². The summed E-state index contributed by atoms with van der Waals surface area (Å²) in [6.45, 7) is 11.3. The monoisotopic (exact) mass is 493 g/mol. The average Bonchev–Trinajstić information content (AvgIpc) is 3.31. The third kappa shape index (κ3) is 7.40. The smallest absolute Gasteiger partial charge is 0.407 e. The third-order valence-electron chi connectivity index (χ3n) is 6.31. The van der Waals surface area contributed by atoms with Crippen LogP contribution in [-0.2, 0) is 11.3 Å². The molecule has 9 heteroatoms. The number of nitrogens with zero attached hydrogens (tertiary/aromatic N) is 6. The molecule has 1 fully saturated rings. The first-order valence-corrected chi connectivity index (χ1v) is 13.0. The summed E-state index contributed by atoms with van der Waals surface area (Å²) in [5.41, 5.74) is 4.40. The number of ether oxygens (including phenoxy) is 1. The summed E-state index contributed by atoms with van der Waals surface area (Å²) in [4.78, 5) is 26.0. The van der Waals surface area contributed by atoms with E-state index in [1.807, 2.05) is 44.0 Å². The topological polar surface area (TPSA) is 88.4 Å². The molecule has 0 bridgehead atoms. The lowest BCUT2D eigenvalue weighted by Crippen LogP contribution is -2.44. The molecule has 194 valence electrons. The molecule has 4 rings (SSSR count). The normalized spacial score (nSPS) is 14.8. The predicted molar refractivity (Wildman–Crippen MR) is 143 cm³/mol. The Kier molecular flexibility index (Phi) is 8.40. The third-order valence-corrected chi connectivity index (χ3v) is 6.31. The Morgan fingerprint density at radius 1 is 1.03 bits per heavy atom. The number of anilines is 1. The molecular weight excluding hydrogens is 454 g/mol. The Morgan fingerprint density at radius 3 is 2.58 bits per heavy atom. The van der Waals surface area contributed by atoms with Crippen LogP contribution in [0.2, 0.25) is 0 Å². The first-order chi connectivity index (χ1) is 17.3. The van der Waals surface area contributed by atoms with Crippen LogP contribution in [0.25, 0.3) is 22.3 Å². The highest BCUT2D eigenvalue weighted by Crippen LogP contribution is 2.24. The van der Waals surface area contributed by atoms with Gasteiger partial charge in [0.25, 0.3) is 0 Å². The number of aromatic nitrogens is 4. The maximum Gasteiger partial charge on any atom is 0.407 e. The van der Waals surface area contributed by atoms with Crippen molar-refractivity contribution in [2.75, 3.05) is 44.7 Å². The largest absolute Gasteiger partial charge is 0.444 e. The molecule has 0 unspecified atom stereocenters. The number of carbonyl (C=O) groups excluding carboxylic acids is 1. The Bertz CT molecular complexity index is 1150. The molecule has 0 radical (unpaired) electrons. The molecular formula is C27H39N7O2. The Hall–Kier alpha value is -3.20. The minimum absolute atomic E-state index is 0.348. The van der Waals surface area contributed by atoms with Gasteiger partial charge in [-0.1, -0.05) is 12.8 Å². The summed E-state index contributed by atoms with van der Waals surface area (Å²) >= 11 is 0. The van der Waals surface area contributed by atoms with Crippen LogP contribution in [-0.4, -0.2) is 76.1 Å². The number of piperazine rings is 1. The Labute approximate surface area is 213 Å². The molecule has 0 aliphatic carbocycles. The van der Waals surface area contributed by atoms with Gasteiger partial charge in [-0.25, -0.2) is 9.78 Å². The predicted octanol–water partition coefficient (Wildman–Crippen LogP) is 4.33. The summed E-state index contributed by atoms with van der Waals surface area (Å²) in [6.07, 6.45) is 9.49. The van der Waals surface area contributed by atoms with Crippen LogP contribution in [0.5, 0.6) is 0 Å². The van der Waals surface area contributed by atoms with E-state index >= 15 is 0 Å². The van der Waals surface area contributed by atoms with Gasteiger partial charge in [0.05, 0.1) is 29.1 Å². The number of likely N-dealkylation sites (N-methyl/N-ethyl adjacent to an activating group) is 1. The van der Waals surface area contributed by atoms with Crippen molar-refractivity contribution in [3.63, 3.8) is 0 Å². The lowest BCUT2D eigenvalue weighted by atomic mass is 10.2. The fourth-order valence-corrected chi connectivity index (χ4v) is 4.28. The number of aryl methyl sites for hydroxylation is 1. The number of carbonyl (C=O) groups is 1. The van der Waals surface area contributed by atoms with Gasteiger partial charge < -0.3 is 19.9 Å². The van der Waals surface area contributed by atoms with Crippen molar-refractivity contribution in [1.82, 2.24) is 30.0 Å². The molecule has 0 atom stereocenters. The van der Waals surface area contributed by atoms with E-state index in [0.717, 1.165) is 80.7 Å². The van der Waals surface area contributed by atoms with Crippen LogP contribution in [0.1, 0.15) is 46.5 Å². The molecule has 1 amide bonds. The highest BCUT2D eigenvalue weighted by Gasteiger charge is 2.16. The molecule has 36 heavy (non-hydrogen) atoms. The molecule has 1 aromatic carbocycles. The van der Waals surface area contributed by atoms with Crippen molar-refractivity contribution < 1.29 is 9.53 Å². The number of fused-ring (bicyclic) bond motifs is 1. The van der Waals surface area contributed by atoms with Gasteiger partial charge in [-0.15, -0.1) is 0 Å². The van der Waals surface area contributed by atoms with E-state index in [1.54, 1.807) is 0 Å². The second-order valence-electron chi connectivity index (χ2n) is 10.6. The fraction of sp³-hybridized carbons (Fsp3) is 0.556. The average molecular weight is 494 g/mol. The van der Waals surface area contributed by atoms with Gasteiger partial charge >= 0.3 is 6.09 Å². The molecule has 1 N–H and O–H groups in total. The molecule has 2 aromatic heterocycles. The van der Waals surface area contributed by atoms with Crippen molar-refractivity contribution in [2.24, 2.45) is 0 Å². The first-order valence-electron chi connectivity index (χ1n) is 13.0. The minimum Gasteiger partial charge on any atom is -0.444 e. The van der Waals surface area contributed by atoms with Gasteiger partial charge in [0.15, 0.2) is 0 Å². The van der Waals surface area contributed by atoms with Crippen LogP contribution in [0.15, 0.2) is 36.8 Å². The Balaban J connectivity index is 1.25. The molecule has 9 nitrogen and oxygen atoms in total. The zero-order chi connectivity index (χ0) is 25.5. The SMILES string of the molecule is CN1CCN(c2ccc3ncc(-c4cnn(CCCCCCNC(=O)OC(C)(C)C)c4)nc3c2)CC1. The van der Waals surface area contributed by atoms with Gasteiger partial charge in [0.1, 0.15) is 5.60 Å². The van der Waals surface area contributed by atoms with E-state index in [0.29, 0.717) is 6.54 Å². The number of rotatable bonds is 9.